The van der Waals surface area contributed by atoms with E-state index in [1.54, 1.807) is 23.6 Å². The molecule has 0 saturated carbocycles. The van der Waals surface area contributed by atoms with Crippen molar-refractivity contribution in [1.82, 2.24) is 20.2 Å². The molecule has 0 aliphatic rings. The Morgan fingerprint density at radius 2 is 1.87 bits per heavy atom. The summed E-state index contributed by atoms with van der Waals surface area (Å²) in [5.74, 6) is 1.66. The van der Waals surface area contributed by atoms with E-state index in [2.05, 4.69) is 59.7 Å². The predicted octanol–water partition coefficient (Wildman–Crippen LogP) is 3.58. The SMILES string of the molecule is COc1ccc(CSc2nnnn2-c2cc(C)ccc2C)cc1. The molecule has 0 saturated heterocycles. The van der Waals surface area contributed by atoms with Crippen molar-refractivity contribution >= 4 is 11.8 Å². The maximum absolute atomic E-state index is 5.18. The Morgan fingerprint density at radius 3 is 2.61 bits per heavy atom. The Morgan fingerprint density at radius 1 is 1.09 bits per heavy atom. The van der Waals surface area contributed by atoms with Gasteiger partial charge < -0.3 is 4.74 Å². The molecular formula is C17H18N4OS. The third-order valence-electron chi connectivity index (χ3n) is 3.56. The lowest BCUT2D eigenvalue weighted by Gasteiger charge is -2.08. The highest BCUT2D eigenvalue weighted by Gasteiger charge is 2.11. The zero-order valence-electron chi connectivity index (χ0n) is 13.4. The Bertz CT molecular complexity index is 799. The second-order valence-electron chi connectivity index (χ2n) is 5.30. The molecule has 3 aromatic rings. The van der Waals surface area contributed by atoms with Crippen molar-refractivity contribution in [2.45, 2.75) is 24.8 Å². The fraction of sp³-hybridized carbons (Fsp3) is 0.235. The van der Waals surface area contributed by atoms with E-state index >= 15 is 0 Å². The van der Waals surface area contributed by atoms with Crippen molar-refractivity contribution in [3.63, 3.8) is 0 Å². The number of aryl methyl sites for hydroxylation is 2. The summed E-state index contributed by atoms with van der Waals surface area (Å²) < 4.78 is 6.98. The van der Waals surface area contributed by atoms with Crippen LogP contribution in [0.2, 0.25) is 0 Å². The number of hydrogen-bond donors (Lipinski definition) is 0. The van der Waals surface area contributed by atoms with E-state index in [0.29, 0.717) is 0 Å². The summed E-state index contributed by atoms with van der Waals surface area (Å²) in [7, 11) is 1.67. The minimum absolute atomic E-state index is 0.787. The third-order valence-corrected chi connectivity index (χ3v) is 4.55. The Hall–Kier alpha value is -2.34. The molecule has 0 unspecified atom stereocenters. The fourth-order valence-corrected chi connectivity index (χ4v) is 3.08. The summed E-state index contributed by atoms with van der Waals surface area (Å²) in [6.45, 7) is 4.13. The van der Waals surface area contributed by atoms with Gasteiger partial charge in [-0.05, 0) is 59.2 Å². The normalized spacial score (nSPS) is 10.7. The molecule has 3 rings (SSSR count). The van der Waals surface area contributed by atoms with Crippen LogP contribution in [0.25, 0.3) is 5.69 Å². The van der Waals surface area contributed by atoms with Gasteiger partial charge in [0.1, 0.15) is 5.75 Å². The average molecular weight is 326 g/mol. The van der Waals surface area contributed by atoms with Crippen LogP contribution in [0.15, 0.2) is 47.6 Å². The van der Waals surface area contributed by atoms with E-state index in [1.165, 1.54) is 11.1 Å². The lowest BCUT2D eigenvalue weighted by Crippen LogP contribution is -2.02. The van der Waals surface area contributed by atoms with E-state index in [-0.39, 0.29) is 0 Å². The molecule has 1 heterocycles. The molecule has 23 heavy (non-hydrogen) atoms. The molecule has 0 fully saturated rings. The number of thioether (sulfide) groups is 1. The van der Waals surface area contributed by atoms with E-state index in [1.807, 2.05) is 12.1 Å². The van der Waals surface area contributed by atoms with Gasteiger partial charge in [0.15, 0.2) is 0 Å². The number of ether oxygens (including phenoxy) is 1. The van der Waals surface area contributed by atoms with Crippen molar-refractivity contribution in [1.29, 1.82) is 0 Å². The van der Waals surface area contributed by atoms with Crippen molar-refractivity contribution < 1.29 is 4.74 Å². The van der Waals surface area contributed by atoms with E-state index in [0.717, 1.165) is 27.9 Å². The molecule has 0 aliphatic heterocycles. The second-order valence-corrected chi connectivity index (χ2v) is 6.24. The van der Waals surface area contributed by atoms with Gasteiger partial charge in [0.2, 0.25) is 5.16 Å². The van der Waals surface area contributed by atoms with E-state index in [4.69, 9.17) is 4.74 Å². The zero-order chi connectivity index (χ0) is 16.2. The van der Waals surface area contributed by atoms with Crippen molar-refractivity contribution in [3.8, 4) is 11.4 Å². The van der Waals surface area contributed by atoms with Gasteiger partial charge in [0, 0.05) is 5.75 Å². The lowest BCUT2D eigenvalue weighted by molar-refractivity contribution is 0.414. The average Bonchev–Trinajstić information content (AvgIpc) is 3.04. The first kappa shape index (κ1) is 15.6. The maximum Gasteiger partial charge on any atom is 0.214 e. The predicted molar refractivity (Wildman–Crippen MR) is 91.2 cm³/mol. The molecule has 0 atom stereocenters. The van der Waals surface area contributed by atoms with Gasteiger partial charge in [-0.2, -0.15) is 4.68 Å². The molecule has 1 aromatic heterocycles. The minimum Gasteiger partial charge on any atom is -0.497 e. The second kappa shape index (κ2) is 6.83. The monoisotopic (exact) mass is 326 g/mol. The van der Waals surface area contributed by atoms with E-state index < -0.39 is 0 Å². The number of nitrogens with zero attached hydrogens (tertiary/aromatic N) is 4. The number of tetrazole rings is 1. The van der Waals surface area contributed by atoms with Crippen molar-refractivity contribution in [3.05, 3.63) is 59.2 Å². The summed E-state index contributed by atoms with van der Waals surface area (Å²) in [4.78, 5) is 0. The quantitative estimate of drug-likeness (QED) is 0.671. The van der Waals surface area contributed by atoms with Gasteiger partial charge in [-0.1, -0.05) is 36.0 Å². The van der Waals surface area contributed by atoms with E-state index in [9.17, 15) is 0 Å². The van der Waals surface area contributed by atoms with Crippen LogP contribution in [0, 0.1) is 13.8 Å². The van der Waals surface area contributed by atoms with Crippen LogP contribution in [0.1, 0.15) is 16.7 Å². The Kier molecular flexibility index (Phi) is 4.62. The minimum atomic E-state index is 0.787. The highest BCUT2D eigenvalue weighted by atomic mass is 32.2. The van der Waals surface area contributed by atoms with Crippen LogP contribution in [0.5, 0.6) is 5.75 Å². The fourth-order valence-electron chi connectivity index (χ4n) is 2.24. The van der Waals surface area contributed by atoms with Crippen LogP contribution < -0.4 is 4.74 Å². The molecule has 0 radical (unpaired) electrons. The van der Waals surface area contributed by atoms with Gasteiger partial charge in [0.25, 0.3) is 0 Å². The van der Waals surface area contributed by atoms with Gasteiger partial charge in [-0.15, -0.1) is 5.10 Å². The number of methoxy groups -OCH3 is 1. The first-order chi connectivity index (χ1) is 11.2. The summed E-state index contributed by atoms with van der Waals surface area (Å²) >= 11 is 1.62. The Labute approximate surface area is 139 Å². The number of benzene rings is 2. The first-order valence-electron chi connectivity index (χ1n) is 7.29. The Balaban J connectivity index is 1.79. The number of rotatable bonds is 5. The topological polar surface area (TPSA) is 52.8 Å². The van der Waals surface area contributed by atoms with Gasteiger partial charge in [-0.3, -0.25) is 0 Å². The van der Waals surface area contributed by atoms with Gasteiger partial charge in [0.05, 0.1) is 12.8 Å². The molecule has 2 aromatic carbocycles. The molecule has 0 amide bonds. The van der Waals surface area contributed by atoms with Crippen LogP contribution in [-0.2, 0) is 5.75 Å². The molecule has 0 aliphatic carbocycles. The van der Waals surface area contributed by atoms with Gasteiger partial charge in [-0.25, -0.2) is 0 Å². The van der Waals surface area contributed by atoms with Crippen LogP contribution >= 0.6 is 11.8 Å². The highest BCUT2D eigenvalue weighted by Crippen LogP contribution is 2.25. The lowest BCUT2D eigenvalue weighted by atomic mass is 10.1. The largest absolute Gasteiger partial charge is 0.497 e. The summed E-state index contributed by atoms with van der Waals surface area (Å²) in [6.07, 6.45) is 0. The van der Waals surface area contributed by atoms with Crippen LogP contribution in [0.4, 0.5) is 0 Å². The van der Waals surface area contributed by atoms with Crippen LogP contribution in [-0.4, -0.2) is 27.3 Å². The molecule has 0 N–H and O–H groups in total. The van der Waals surface area contributed by atoms with Crippen molar-refractivity contribution in [2.75, 3.05) is 7.11 Å². The molecule has 5 nitrogen and oxygen atoms in total. The third kappa shape index (κ3) is 3.53. The summed E-state index contributed by atoms with van der Waals surface area (Å²) in [5.41, 5.74) is 4.56. The smallest absolute Gasteiger partial charge is 0.214 e. The highest BCUT2D eigenvalue weighted by molar-refractivity contribution is 7.98. The molecule has 6 heteroatoms. The maximum atomic E-state index is 5.18. The van der Waals surface area contributed by atoms with Crippen molar-refractivity contribution in [2.24, 2.45) is 0 Å². The molecule has 118 valence electrons. The standard InChI is InChI=1S/C17H18N4OS/c1-12-4-5-13(2)16(10-12)21-17(18-19-20-21)23-11-14-6-8-15(22-3)9-7-14/h4-10H,11H2,1-3H3. The number of hydrogen-bond acceptors (Lipinski definition) is 5. The molecular weight excluding hydrogens is 308 g/mol. The molecule has 0 bridgehead atoms. The summed E-state index contributed by atoms with van der Waals surface area (Å²) in [5, 5.41) is 12.9. The molecule has 0 spiro atoms. The first-order valence-corrected chi connectivity index (χ1v) is 8.27. The summed E-state index contributed by atoms with van der Waals surface area (Å²) in [6, 6.07) is 14.3. The zero-order valence-corrected chi connectivity index (χ0v) is 14.2. The van der Waals surface area contributed by atoms with Crippen LogP contribution in [0.3, 0.4) is 0 Å². The number of aromatic nitrogens is 4. The van der Waals surface area contributed by atoms with Gasteiger partial charge >= 0.3 is 0 Å².